The van der Waals surface area contributed by atoms with Gasteiger partial charge in [0, 0.05) is 11.3 Å². The molecule has 0 aliphatic heterocycles. The van der Waals surface area contributed by atoms with Crippen LogP contribution < -0.4 is 16.0 Å². The number of hydrogen-bond donors (Lipinski definition) is 2. The highest BCUT2D eigenvalue weighted by Gasteiger charge is 2.14. The summed E-state index contributed by atoms with van der Waals surface area (Å²) in [6.07, 6.45) is 1.80. The predicted molar refractivity (Wildman–Crippen MR) is 97.7 cm³/mol. The van der Waals surface area contributed by atoms with Crippen molar-refractivity contribution in [2.24, 2.45) is 0 Å². The second-order valence-corrected chi connectivity index (χ2v) is 5.90. The van der Waals surface area contributed by atoms with Crippen LogP contribution in [0.3, 0.4) is 0 Å². The van der Waals surface area contributed by atoms with E-state index in [1.54, 1.807) is 54.8 Å². The lowest BCUT2D eigenvalue weighted by molar-refractivity contribution is 0.483. The van der Waals surface area contributed by atoms with E-state index >= 15 is 0 Å². The Kier molecular flexibility index (Phi) is 4.73. The number of nitrogens with zero attached hydrogens (tertiary/aromatic N) is 2. The van der Waals surface area contributed by atoms with E-state index < -0.39 is 5.56 Å². The molecule has 0 spiro atoms. The van der Waals surface area contributed by atoms with Gasteiger partial charge in [0.25, 0.3) is 5.56 Å². The fourth-order valence-corrected chi connectivity index (χ4v) is 2.62. The average molecular weight is 350 g/mol. The summed E-state index contributed by atoms with van der Waals surface area (Å²) in [5.74, 6) is 1.20. The highest BCUT2D eigenvalue weighted by Crippen LogP contribution is 2.28. The van der Waals surface area contributed by atoms with Gasteiger partial charge >= 0.3 is 0 Å². The summed E-state index contributed by atoms with van der Waals surface area (Å²) < 4.78 is 5.80. The number of rotatable bonds is 4. The van der Waals surface area contributed by atoms with Gasteiger partial charge in [0.15, 0.2) is 5.16 Å². The number of thioether (sulfide) groups is 1. The van der Waals surface area contributed by atoms with Crippen LogP contribution in [-0.2, 0) is 0 Å². The fourth-order valence-electron chi connectivity index (χ4n) is 2.24. The van der Waals surface area contributed by atoms with Gasteiger partial charge < -0.3 is 15.5 Å². The molecule has 3 aromatic rings. The molecule has 25 heavy (non-hydrogen) atoms. The highest BCUT2D eigenvalue weighted by molar-refractivity contribution is 7.98. The van der Waals surface area contributed by atoms with Crippen LogP contribution in [0.25, 0.3) is 11.3 Å². The van der Waals surface area contributed by atoms with Gasteiger partial charge in [-0.25, -0.2) is 4.98 Å². The van der Waals surface area contributed by atoms with E-state index in [0.29, 0.717) is 33.6 Å². The third-order valence-corrected chi connectivity index (χ3v) is 4.01. The Morgan fingerprint density at radius 1 is 1.20 bits per heavy atom. The van der Waals surface area contributed by atoms with Crippen LogP contribution in [0.15, 0.2) is 58.5 Å². The van der Waals surface area contributed by atoms with Crippen molar-refractivity contribution < 1.29 is 4.74 Å². The van der Waals surface area contributed by atoms with E-state index in [2.05, 4.69) is 9.97 Å². The second kappa shape index (κ2) is 7.11. The molecule has 3 rings (SSSR count). The molecule has 0 radical (unpaired) electrons. The van der Waals surface area contributed by atoms with Gasteiger partial charge in [0.1, 0.15) is 23.1 Å². The molecular weight excluding hydrogens is 336 g/mol. The van der Waals surface area contributed by atoms with Crippen molar-refractivity contribution in [3.63, 3.8) is 0 Å². The molecule has 6 nitrogen and oxygen atoms in total. The zero-order chi connectivity index (χ0) is 17.8. The van der Waals surface area contributed by atoms with Crippen LogP contribution in [0.2, 0.25) is 0 Å². The number of nitrogen functional groups attached to an aromatic ring is 1. The number of nitrogens with one attached hydrogen (secondary N) is 1. The first-order valence-electron chi connectivity index (χ1n) is 7.33. The molecule has 3 N–H and O–H groups in total. The summed E-state index contributed by atoms with van der Waals surface area (Å²) in [6, 6.07) is 16.0. The van der Waals surface area contributed by atoms with Crippen LogP contribution in [-0.4, -0.2) is 16.2 Å². The van der Waals surface area contributed by atoms with Crippen LogP contribution >= 0.6 is 11.8 Å². The monoisotopic (exact) mass is 350 g/mol. The number of benzene rings is 2. The minimum absolute atomic E-state index is 0.0255. The summed E-state index contributed by atoms with van der Waals surface area (Å²) >= 11 is 1.30. The van der Waals surface area contributed by atoms with Gasteiger partial charge in [-0.15, -0.1) is 0 Å². The average Bonchev–Trinajstić information content (AvgIpc) is 2.63. The number of anilines is 1. The molecule has 2 aromatic carbocycles. The van der Waals surface area contributed by atoms with E-state index in [0.717, 1.165) is 0 Å². The van der Waals surface area contributed by atoms with Crippen molar-refractivity contribution in [3.05, 3.63) is 64.4 Å². The third kappa shape index (κ3) is 3.65. The van der Waals surface area contributed by atoms with Crippen LogP contribution in [0, 0.1) is 11.3 Å². The topological polar surface area (TPSA) is 105 Å². The van der Waals surface area contributed by atoms with Crippen LogP contribution in [0.1, 0.15) is 5.56 Å². The number of H-pyrrole nitrogens is 1. The molecule has 0 amide bonds. The smallest absolute Gasteiger partial charge is 0.270 e. The van der Waals surface area contributed by atoms with Gasteiger partial charge in [0.2, 0.25) is 0 Å². The number of aromatic nitrogens is 2. The standard InChI is InChI=1S/C18H14N4O2S/c1-25-18-21-16(15(10-19)17(23)22-18)11-3-2-4-14(9-11)24-13-7-5-12(20)6-8-13/h2-9H,20H2,1H3,(H,21,22,23). The van der Waals surface area contributed by atoms with Crippen molar-refractivity contribution in [3.8, 4) is 28.8 Å². The van der Waals surface area contributed by atoms with Crippen molar-refractivity contribution in [2.75, 3.05) is 12.0 Å². The van der Waals surface area contributed by atoms with Gasteiger partial charge in [-0.2, -0.15) is 5.26 Å². The fraction of sp³-hybridized carbons (Fsp3) is 0.0556. The lowest BCUT2D eigenvalue weighted by Crippen LogP contribution is -2.14. The maximum atomic E-state index is 12.1. The molecule has 0 saturated heterocycles. The number of ether oxygens (including phenoxy) is 1. The van der Waals surface area contributed by atoms with Gasteiger partial charge in [-0.05, 0) is 42.7 Å². The Balaban J connectivity index is 2.02. The number of nitrogens with two attached hydrogens (primary N) is 1. The number of hydrogen-bond acceptors (Lipinski definition) is 6. The van der Waals surface area contributed by atoms with Crippen LogP contribution in [0.5, 0.6) is 11.5 Å². The van der Waals surface area contributed by atoms with E-state index in [1.807, 2.05) is 6.07 Å². The molecule has 0 saturated carbocycles. The Morgan fingerprint density at radius 3 is 2.64 bits per heavy atom. The van der Waals surface area contributed by atoms with Gasteiger partial charge in [-0.3, -0.25) is 4.79 Å². The van der Waals surface area contributed by atoms with Crippen molar-refractivity contribution >= 4 is 17.4 Å². The van der Waals surface area contributed by atoms with E-state index in [4.69, 9.17) is 10.5 Å². The van der Waals surface area contributed by atoms with Crippen molar-refractivity contribution in [1.29, 1.82) is 5.26 Å². The zero-order valence-electron chi connectivity index (χ0n) is 13.3. The van der Waals surface area contributed by atoms with Gasteiger partial charge in [0.05, 0.1) is 5.69 Å². The second-order valence-electron chi connectivity index (χ2n) is 5.11. The van der Waals surface area contributed by atoms with E-state index in [-0.39, 0.29) is 5.56 Å². The molecule has 7 heteroatoms. The summed E-state index contributed by atoms with van der Waals surface area (Å²) in [5, 5.41) is 9.74. The molecule has 124 valence electrons. The third-order valence-electron chi connectivity index (χ3n) is 3.43. The maximum absolute atomic E-state index is 12.1. The molecule has 0 atom stereocenters. The Hall–Kier alpha value is -3.24. The first kappa shape index (κ1) is 16.6. The lowest BCUT2D eigenvalue weighted by Gasteiger charge is -2.09. The molecule has 0 bridgehead atoms. The summed E-state index contributed by atoms with van der Waals surface area (Å²) in [7, 11) is 0. The van der Waals surface area contributed by atoms with Crippen molar-refractivity contribution in [1.82, 2.24) is 9.97 Å². The zero-order valence-corrected chi connectivity index (χ0v) is 14.1. The van der Waals surface area contributed by atoms with Gasteiger partial charge in [-0.1, -0.05) is 23.9 Å². The SMILES string of the molecule is CSc1nc(-c2cccc(Oc3ccc(N)cc3)c2)c(C#N)c(=O)[nH]1. The minimum Gasteiger partial charge on any atom is -0.457 e. The molecule has 0 aliphatic carbocycles. The van der Waals surface area contributed by atoms with Crippen molar-refractivity contribution in [2.45, 2.75) is 5.16 Å². The molecule has 0 fully saturated rings. The highest BCUT2D eigenvalue weighted by atomic mass is 32.2. The quantitative estimate of drug-likeness (QED) is 0.424. The lowest BCUT2D eigenvalue weighted by atomic mass is 10.1. The molecule has 0 unspecified atom stereocenters. The van der Waals surface area contributed by atoms with E-state index in [1.165, 1.54) is 11.8 Å². The largest absolute Gasteiger partial charge is 0.457 e. The normalized spacial score (nSPS) is 10.2. The minimum atomic E-state index is -0.457. The Labute approximate surface area is 148 Å². The number of aromatic amines is 1. The Bertz CT molecular complexity index is 1010. The number of nitriles is 1. The van der Waals surface area contributed by atoms with E-state index in [9.17, 15) is 10.1 Å². The van der Waals surface area contributed by atoms with Crippen LogP contribution in [0.4, 0.5) is 5.69 Å². The first-order valence-corrected chi connectivity index (χ1v) is 8.55. The Morgan fingerprint density at radius 2 is 1.96 bits per heavy atom. The predicted octanol–water partition coefficient (Wildman–Crippen LogP) is 3.40. The summed E-state index contributed by atoms with van der Waals surface area (Å²) in [4.78, 5) is 19.0. The molecule has 1 heterocycles. The molecule has 1 aromatic heterocycles. The molecule has 0 aliphatic rings. The molecular formula is C18H14N4O2S. The first-order chi connectivity index (χ1) is 12.1. The summed E-state index contributed by atoms with van der Waals surface area (Å²) in [6.45, 7) is 0. The maximum Gasteiger partial charge on any atom is 0.270 e. The summed E-state index contributed by atoms with van der Waals surface area (Å²) in [5.41, 5.74) is 6.79.